The highest BCUT2D eigenvalue weighted by Gasteiger charge is 2.54. The Morgan fingerprint density at radius 2 is 1.72 bits per heavy atom. The summed E-state index contributed by atoms with van der Waals surface area (Å²) in [4.78, 5) is 78.7. The molecule has 3 aliphatic rings. The number of ether oxygens (including phenoxy) is 5. The maximum absolute atomic E-state index is 13.2. The van der Waals surface area contributed by atoms with Crippen molar-refractivity contribution in [3.05, 3.63) is 44.9 Å². The minimum Gasteiger partial charge on any atom is -0.456 e. The number of aliphatic hydroxyl groups is 2. The molecule has 0 saturated carbocycles. The molecule has 54 heavy (non-hydrogen) atoms. The molecule has 2 saturated heterocycles. The van der Waals surface area contributed by atoms with Crippen LogP contribution in [0.5, 0.6) is 0 Å². The number of carbonyl (C=O) groups is 4. The lowest BCUT2D eigenvalue weighted by Crippen LogP contribution is -2.54. The van der Waals surface area contributed by atoms with E-state index in [1.807, 2.05) is 6.92 Å². The van der Waals surface area contributed by atoms with Crippen LogP contribution >= 0.6 is 0 Å². The molecule has 1 aromatic heterocycles. The summed E-state index contributed by atoms with van der Waals surface area (Å²) in [6.45, 7) is 2.52. The largest absolute Gasteiger partial charge is 0.456 e. The summed E-state index contributed by atoms with van der Waals surface area (Å²) >= 11 is 0. The summed E-state index contributed by atoms with van der Waals surface area (Å²) in [6.07, 6.45) is -1.67. The van der Waals surface area contributed by atoms with E-state index in [9.17, 15) is 39.0 Å². The van der Waals surface area contributed by atoms with Crippen molar-refractivity contribution in [1.29, 1.82) is 0 Å². The standard InChI is InChI=1S/C35H54N6O13/c1-19-12-11-13-20(31(47)38-19)39-32(48)22-18-21(42)25(45)34(51-22)54-28(30(37)46)27-26(50-2)29(33(53-27)41-17-15-23(43)40-35(41)49)52-24(44)14-9-7-5-3-4-6-8-10-16-36/h15,17-21,25-29,33-34,42,45H,3-14,16,36H2,1-2H3,(H2,37,46)(H,38,47)(H,39,48)(H,40,43,49)/t19-,20+,21+,25+,26-,27+,28+,29-,33-,34-/m1/s1. The zero-order valence-corrected chi connectivity index (χ0v) is 30.7. The van der Waals surface area contributed by atoms with Gasteiger partial charge in [-0.2, -0.15) is 0 Å². The van der Waals surface area contributed by atoms with Crippen molar-refractivity contribution >= 4 is 23.7 Å². The number of amides is 3. The zero-order valence-electron chi connectivity index (χ0n) is 30.7. The number of hydrogen-bond donors (Lipinski definition) is 7. The SMILES string of the molecule is CO[C@H]1[C@@H](OC(=O)CCCCCCCCCCN)[C@H](n2ccc(=O)[nH]c2=O)O[C@@H]1[C@H](O[C@H]1OC(C(=O)N[C@H]2CCC[C@@H](C)NC2=O)=C[C@H](O)[C@@H]1O)C(N)=O. The third kappa shape index (κ3) is 11.4. The van der Waals surface area contributed by atoms with E-state index in [1.54, 1.807) is 0 Å². The molecule has 3 amide bonds. The van der Waals surface area contributed by atoms with Crippen molar-refractivity contribution in [3.63, 3.8) is 0 Å². The minimum atomic E-state index is -1.89. The van der Waals surface area contributed by atoms with Gasteiger partial charge in [0.1, 0.15) is 30.5 Å². The van der Waals surface area contributed by atoms with Crippen molar-refractivity contribution in [2.75, 3.05) is 13.7 Å². The van der Waals surface area contributed by atoms with Gasteiger partial charge in [-0.3, -0.25) is 33.5 Å². The molecule has 10 atom stereocenters. The van der Waals surface area contributed by atoms with Gasteiger partial charge in [-0.25, -0.2) is 4.79 Å². The maximum Gasteiger partial charge on any atom is 0.330 e. The van der Waals surface area contributed by atoms with E-state index in [0.29, 0.717) is 32.2 Å². The molecule has 19 nitrogen and oxygen atoms in total. The van der Waals surface area contributed by atoms with Gasteiger partial charge in [-0.1, -0.05) is 38.5 Å². The van der Waals surface area contributed by atoms with Crippen molar-refractivity contribution in [1.82, 2.24) is 20.2 Å². The van der Waals surface area contributed by atoms with Crippen molar-refractivity contribution in [3.8, 4) is 0 Å². The topological polar surface area (TPSA) is 286 Å². The van der Waals surface area contributed by atoms with E-state index >= 15 is 0 Å². The van der Waals surface area contributed by atoms with Gasteiger partial charge in [0.2, 0.25) is 18.1 Å². The Morgan fingerprint density at radius 3 is 2.37 bits per heavy atom. The molecule has 0 unspecified atom stereocenters. The van der Waals surface area contributed by atoms with E-state index in [4.69, 9.17) is 35.2 Å². The summed E-state index contributed by atoms with van der Waals surface area (Å²) in [6, 6.07) is 0.0661. The van der Waals surface area contributed by atoms with Crippen LogP contribution in [-0.2, 0) is 42.9 Å². The molecule has 9 N–H and O–H groups in total. The van der Waals surface area contributed by atoms with Gasteiger partial charge in [0.25, 0.3) is 11.5 Å². The molecular formula is C35H54N6O13. The number of aliphatic hydroxyl groups excluding tert-OH is 2. The predicted octanol–water partition coefficient (Wildman–Crippen LogP) is -1.16. The van der Waals surface area contributed by atoms with Crippen LogP contribution in [0.3, 0.4) is 0 Å². The number of methoxy groups -OCH3 is 1. The molecular weight excluding hydrogens is 712 g/mol. The van der Waals surface area contributed by atoms with Crippen LogP contribution in [0.4, 0.5) is 0 Å². The Bertz CT molecular complexity index is 1580. The fraction of sp³-hybridized carbons (Fsp3) is 0.714. The van der Waals surface area contributed by atoms with Crippen LogP contribution in [0.2, 0.25) is 0 Å². The molecule has 0 radical (unpaired) electrons. The smallest absolute Gasteiger partial charge is 0.330 e. The van der Waals surface area contributed by atoms with Crippen molar-refractivity contribution < 1.29 is 53.1 Å². The number of carbonyl (C=O) groups excluding carboxylic acids is 4. The van der Waals surface area contributed by atoms with Crippen LogP contribution in [0.15, 0.2) is 33.7 Å². The average molecular weight is 767 g/mol. The van der Waals surface area contributed by atoms with Gasteiger partial charge in [-0.15, -0.1) is 0 Å². The molecule has 3 aliphatic heterocycles. The minimum absolute atomic E-state index is 0.0342. The number of nitrogens with two attached hydrogens (primary N) is 2. The van der Waals surface area contributed by atoms with Gasteiger partial charge in [-0.05, 0) is 51.6 Å². The summed E-state index contributed by atoms with van der Waals surface area (Å²) < 4.78 is 29.9. The Kier molecular flexibility index (Phi) is 16.2. The molecule has 302 valence electrons. The van der Waals surface area contributed by atoms with Crippen molar-refractivity contribution in [2.24, 2.45) is 11.5 Å². The summed E-state index contributed by atoms with van der Waals surface area (Å²) in [5, 5.41) is 26.8. The quantitative estimate of drug-likeness (QED) is 0.0646. The molecule has 0 aliphatic carbocycles. The fourth-order valence-corrected chi connectivity index (χ4v) is 6.72. The second kappa shape index (κ2) is 20.5. The molecule has 0 aromatic carbocycles. The van der Waals surface area contributed by atoms with Gasteiger partial charge in [0.15, 0.2) is 24.2 Å². The summed E-state index contributed by atoms with van der Waals surface area (Å²) in [7, 11) is 1.23. The Morgan fingerprint density at radius 1 is 1.04 bits per heavy atom. The van der Waals surface area contributed by atoms with Crippen LogP contribution < -0.4 is 33.3 Å². The molecule has 4 rings (SSSR count). The number of aromatic nitrogens is 2. The number of nitrogens with one attached hydrogen (secondary N) is 3. The third-order valence-electron chi connectivity index (χ3n) is 9.64. The molecule has 1 aromatic rings. The van der Waals surface area contributed by atoms with Gasteiger partial charge in [0, 0.05) is 31.8 Å². The highest BCUT2D eigenvalue weighted by atomic mass is 16.7. The number of aromatic amines is 1. The van der Waals surface area contributed by atoms with E-state index in [2.05, 4.69) is 15.6 Å². The van der Waals surface area contributed by atoms with Gasteiger partial charge in [0.05, 0.1) is 0 Å². The second-order valence-electron chi connectivity index (χ2n) is 13.9. The first-order valence-corrected chi connectivity index (χ1v) is 18.5. The van der Waals surface area contributed by atoms with E-state index < -0.39 is 95.9 Å². The van der Waals surface area contributed by atoms with Crippen LogP contribution in [0.25, 0.3) is 0 Å². The Balaban J connectivity index is 1.48. The lowest BCUT2D eigenvalue weighted by atomic mass is 10.0. The number of primary amides is 1. The van der Waals surface area contributed by atoms with E-state index in [1.165, 1.54) is 7.11 Å². The predicted molar refractivity (Wildman–Crippen MR) is 189 cm³/mol. The molecule has 19 heteroatoms. The number of H-pyrrole nitrogens is 1. The molecule has 4 heterocycles. The third-order valence-corrected chi connectivity index (χ3v) is 9.64. The number of hydrogen-bond acceptors (Lipinski definition) is 14. The normalized spacial score (nSPS) is 28.9. The van der Waals surface area contributed by atoms with Gasteiger partial charge >= 0.3 is 11.7 Å². The van der Waals surface area contributed by atoms with Crippen LogP contribution in [0, 0.1) is 0 Å². The first-order valence-electron chi connectivity index (χ1n) is 18.5. The molecule has 0 bridgehead atoms. The summed E-state index contributed by atoms with van der Waals surface area (Å²) in [5.41, 5.74) is 9.66. The Labute approximate surface area is 312 Å². The number of rotatable bonds is 19. The number of esters is 1. The zero-order chi connectivity index (χ0) is 39.4. The number of unbranched alkanes of at least 4 members (excludes halogenated alkanes) is 7. The fourth-order valence-electron chi connectivity index (χ4n) is 6.72. The highest BCUT2D eigenvalue weighted by molar-refractivity contribution is 5.95. The lowest BCUT2D eigenvalue weighted by Gasteiger charge is -2.35. The first-order chi connectivity index (χ1) is 25.8. The highest BCUT2D eigenvalue weighted by Crippen LogP contribution is 2.36. The van der Waals surface area contributed by atoms with E-state index in [-0.39, 0.29) is 12.5 Å². The first kappa shape index (κ1) is 42.6. The summed E-state index contributed by atoms with van der Waals surface area (Å²) in [5.74, 6) is -3.59. The van der Waals surface area contributed by atoms with Crippen LogP contribution in [-0.4, -0.2) is 112 Å². The van der Waals surface area contributed by atoms with Crippen LogP contribution in [0.1, 0.15) is 90.2 Å². The average Bonchev–Trinajstić information content (AvgIpc) is 3.38. The second-order valence-corrected chi connectivity index (χ2v) is 13.9. The molecule has 2 fully saturated rings. The molecule has 0 spiro atoms. The number of nitrogens with zero attached hydrogens (tertiary/aromatic N) is 1. The monoisotopic (exact) mass is 766 g/mol. The van der Waals surface area contributed by atoms with Crippen molar-refractivity contribution in [2.45, 2.75) is 145 Å². The van der Waals surface area contributed by atoms with E-state index in [0.717, 1.165) is 67.9 Å². The Hall–Kier alpha value is -4.14. The van der Waals surface area contributed by atoms with Gasteiger partial charge < -0.3 is 56.0 Å². The maximum atomic E-state index is 13.2. The lowest BCUT2D eigenvalue weighted by molar-refractivity contribution is -0.241.